The van der Waals surface area contributed by atoms with Gasteiger partial charge in [-0.15, -0.1) is 0 Å². The van der Waals surface area contributed by atoms with Crippen molar-refractivity contribution < 1.29 is 28.6 Å². The van der Waals surface area contributed by atoms with Crippen molar-refractivity contribution >= 4 is 17.9 Å². The van der Waals surface area contributed by atoms with Crippen molar-refractivity contribution in [3.63, 3.8) is 0 Å². The molecule has 0 amide bonds. The summed E-state index contributed by atoms with van der Waals surface area (Å²) in [5.41, 5.74) is 0. The van der Waals surface area contributed by atoms with Crippen LogP contribution >= 0.6 is 0 Å². The average molecular weight is 855 g/mol. The predicted octanol–water partition coefficient (Wildman–Crippen LogP) is 17.1. The van der Waals surface area contributed by atoms with Crippen molar-refractivity contribution in [2.45, 2.75) is 271 Å². The molecule has 0 heterocycles. The minimum absolute atomic E-state index is 0.0826. The Morgan fingerprint density at radius 3 is 0.984 bits per heavy atom. The molecule has 0 N–H and O–H groups in total. The van der Waals surface area contributed by atoms with Crippen LogP contribution in [0.15, 0.2) is 48.6 Å². The summed E-state index contributed by atoms with van der Waals surface area (Å²) < 4.78 is 16.8. The zero-order valence-electron chi connectivity index (χ0n) is 40.4. The first-order valence-corrected chi connectivity index (χ1v) is 26.1. The summed E-state index contributed by atoms with van der Waals surface area (Å²) in [5, 5.41) is 0. The summed E-state index contributed by atoms with van der Waals surface area (Å²) in [4.78, 5) is 38.0. The van der Waals surface area contributed by atoms with Gasteiger partial charge in [-0.1, -0.05) is 211 Å². The summed E-state index contributed by atoms with van der Waals surface area (Å²) >= 11 is 0. The molecule has 0 aromatic rings. The summed E-state index contributed by atoms with van der Waals surface area (Å²) in [7, 11) is 0. The zero-order chi connectivity index (χ0) is 44.4. The van der Waals surface area contributed by atoms with Gasteiger partial charge in [-0.3, -0.25) is 14.4 Å². The normalized spacial score (nSPS) is 12.4. The molecule has 0 rings (SSSR count). The van der Waals surface area contributed by atoms with Gasteiger partial charge in [-0.25, -0.2) is 0 Å². The lowest BCUT2D eigenvalue weighted by molar-refractivity contribution is -0.167. The lowest BCUT2D eigenvalue weighted by atomic mass is 10.0. The second kappa shape index (κ2) is 50.0. The van der Waals surface area contributed by atoms with Gasteiger partial charge in [-0.05, 0) is 83.5 Å². The largest absolute Gasteiger partial charge is 0.462 e. The predicted molar refractivity (Wildman–Crippen MR) is 261 cm³/mol. The molecular weight excluding hydrogens is 757 g/mol. The lowest BCUT2D eigenvalue weighted by Gasteiger charge is -2.18. The van der Waals surface area contributed by atoms with E-state index in [4.69, 9.17) is 14.2 Å². The number of carbonyl (C=O) groups excluding carboxylic acids is 3. The van der Waals surface area contributed by atoms with Gasteiger partial charge in [0.1, 0.15) is 13.2 Å². The maximum atomic E-state index is 12.8. The minimum atomic E-state index is -0.782. The molecule has 0 aromatic carbocycles. The second-order valence-corrected chi connectivity index (χ2v) is 17.4. The van der Waals surface area contributed by atoms with Crippen LogP contribution in [0.2, 0.25) is 0 Å². The quantitative estimate of drug-likeness (QED) is 0.0263. The fourth-order valence-electron chi connectivity index (χ4n) is 7.33. The zero-order valence-corrected chi connectivity index (χ0v) is 40.4. The van der Waals surface area contributed by atoms with Crippen molar-refractivity contribution in [2.24, 2.45) is 0 Å². The fraction of sp³-hybridized carbons (Fsp3) is 0.800. The highest BCUT2D eigenvalue weighted by Crippen LogP contribution is 2.15. The van der Waals surface area contributed by atoms with E-state index in [1.165, 1.54) is 135 Å². The van der Waals surface area contributed by atoms with E-state index in [1.807, 2.05) is 0 Å². The number of unbranched alkanes of at least 4 members (excludes halogenated alkanes) is 28. The Kier molecular flexibility index (Phi) is 47.9. The van der Waals surface area contributed by atoms with Crippen LogP contribution < -0.4 is 0 Å². The van der Waals surface area contributed by atoms with Crippen LogP contribution in [0.4, 0.5) is 0 Å². The van der Waals surface area contributed by atoms with Crippen LogP contribution in [0.25, 0.3) is 0 Å². The Bertz CT molecular complexity index is 1070. The van der Waals surface area contributed by atoms with Crippen molar-refractivity contribution in [2.75, 3.05) is 13.2 Å². The smallest absolute Gasteiger partial charge is 0.306 e. The Morgan fingerprint density at radius 1 is 0.328 bits per heavy atom. The third-order valence-electron chi connectivity index (χ3n) is 11.3. The lowest BCUT2D eigenvalue weighted by Crippen LogP contribution is -2.30. The van der Waals surface area contributed by atoms with E-state index >= 15 is 0 Å². The van der Waals surface area contributed by atoms with Crippen LogP contribution in [0, 0.1) is 0 Å². The number of ether oxygens (including phenoxy) is 3. The third-order valence-corrected chi connectivity index (χ3v) is 11.3. The maximum absolute atomic E-state index is 12.8. The molecule has 0 aliphatic rings. The Balaban J connectivity index is 4.40. The van der Waals surface area contributed by atoms with Crippen molar-refractivity contribution in [1.82, 2.24) is 0 Å². The molecule has 1 atom stereocenters. The molecule has 0 aliphatic carbocycles. The molecule has 0 saturated heterocycles. The van der Waals surface area contributed by atoms with E-state index < -0.39 is 6.10 Å². The third kappa shape index (κ3) is 48.3. The monoisotopic (exact) mass is 855 g/mol. The molecule has 0 bridgehead atoms. The van der Waals surface area contributed by atoms with Crippen LogP contribution in [0.1, 0.15) is 265 Å². The first-order chi connectivity index (χ1) is 30.0. The number of esters is 3. The molecule has 0 aliphatic heterocycles. The van der Waals surface area contributed by atoms with Crippen LogP contribution in [0.3, 0.4) is 0 Å². The van der Waals surface area contributed by atoms with E-state index in [-0.39, 0.29) is 31.1 Å². The highest BCUT2D eigenvalue weighted by molar-refractivity contribution is 5.71. The number of hydrogen-bond acceptors (Lipinski definition) is 6. The van der Waals surface area contributed by atoms with Crippen molar-refractivity contribution in [3.05, 3.63) is 48.6 Å². The Labute approximate surface area is 378 Å². The minimum Gasteiger partial charge on any atom is -0.462 e. The number of hydrogen-bond donors (Lipinski definition) is 0. The second-order valence-electron chi connectivity index (χ2n) is 17.4. The number of allylic oxidation sites excluding steroid dienone is 8. The van der Waals surface area contributed by atoms with E-state index in [0.717, 1.165) is 89.9 Å². The topological polar surface area (TPSA) is 78.9 Å². The first-order valence-electron chi connectivity index (χ1n) is 26.1. The highest BCUT2D eigenvalue weighted by Gasteiger charge is 2.19. The molecule has 0 saturated carbocycles. The van der Waals surface area contributed by atoms with Gasteiger partial charge < -0.3 is 14.2 Å². The highest BCUT2D eigenvalue weighted by atomic mass is 16.6. The Morgan fingerprint density at radius 2 is 0.590 bits per heavy atom. The molecule has 0 radical (unpaired) electrons. The van der Waals surface area contributed by atoms with Gasteiger partial charge in [0.25, 0.3) is 0 Å². The van der Waals surface area contributed by atoms with Gasteiger partial charge in [0.2, 0.25) is 0 Å². The molecule has 61 heavy (non-hydrogen) atoms. The summed E-state index contributed by atoms with van der Waals surface area (Å²) in [6, 6.07) is 0. The molecule has 354 valence electrons. The van der Waals surface area contributed by atoms with E-state index in [0.29, 0.717) is 19.3 Å². The van der Waals surface area contributed by atoms with Crippen LogP contribution in [0.5, 0.6) is 0 Å². The van der Waals surface area contributed by atoms with E-state index in [2.05, 4.69) is 69.4 Å². The first kappa shape index (κ1) is 58.4. The molecule has 0 unspecified atom stereocenters. The molecule has 0 spiro atoms. The number of carbonyl (C=O) groups is 3. The van der Waals surface area contributed by atoms with Gasteiger partial charge in [0, 0.05) is 19.3 Å². The van der Waals surface area contributed by atoms with E-state index in [1.54, 1.807) is 0 Å². The number of rotatable bonds is 47. The van der Waals surface area contributed by atoms with Gasteiger partial charge in [0.15, 0.2) is 6.10 Å². The maximum Gasteiger partial charge on any atom is 0.306 e. The fourth-order valence-corrected chi connectivity index (χ4v) is 7.33. The SMILES string of the molecule is CCCCC/C=C\C/C=C\C/C=C\CCCCCCC(=O)OC[C@H](COC(=O)CCCCCCC/C=C\CCCCCC)OC(=O)CCCCCCCCCCCCCCC. The van der Waals surface area contributed by atoms with Gasteiger partial charge in [0.05, 0.1) is 0 Å². The average Bonchev–Trinajstić information content (AvgIpc) is 3.26. The molecule has 6 heteroatoms. The van der Waals surface area contributed by atoms with Gasteiger partial charge >= 0.3 is 17.9 Å². The molecule has 0 aromatic heterocycles. The molecule has 6 nitrogen and oxygen atoms in total. The van der Waals surface area contributed by atoms with Gasteiger partial charge in [-0.2, -0.15) is 0 Å². The van der Waals surface area contributed by atoms with E-state index in [9.17, 15) is 14.4 Å². The van der Waals surface area contributed by atoms with Crippen LogP contribution in [-0.2, 0) is 28.6 Å². The van der Waals surface area contributed by atoms with Crippen molar-refractivity contribution in [3.8, 4) is 0 Å². The Hall–Kier alpha value is -2.63. The summed E-state index contributed by atoms with van der Waals surface area (Å²) in [6.07, 6.45) is 59.4. The standard InChI is InChI=1S/C55H98O6/c1-4-7-10-13-16-19-22-25-26-27-28-31-33-36-39-42-45-48-54(57)60-51-52(61-55(58)49-46-43-40-37-34-30-24-21-18-15-12-9-6-3)50-59-53(56)47-44-41-38-35-32-29-23-20-17-14-11-8-5-2/h16,19-20,23,25-26,28,31,52H,4-15,17-18,21-22,24,27,29-30,32-51H2,1-3H3/b19-16-,23-20-,26-25-,31-28-/t52-/m0/s1. The van der Waals surface area contributed by atoms with Crippen LogP contribution in [-0.4, -0.2) is 37.2 Å². The molecule has 0 fully saturated rings. The molecular formula is C55H98O6. The summed E-state index contributed by atoms with van der Waals surface area (Å²) in [6.45, 7) is 6.58. The van der Waals surface area contributed by atoms with Crippen molar-refractivity contribution in [1.29, 1.82) is 0 Å². The summed E-state index contributed by atoms with van der Waals surface area (Å²) in [5.74, 6) is -0.905.